The molecule has 0 aliphatic rings. The summed E-state index contributed by atoms with van der Waals surface area (Å²) in [6, 6.07) is 8.11. The smallest absolute Gasteiger partial charge is 0.303 e. The van der Waals surface area contributed by atoms with Gasteiger partial charge >= 0.3 is 5.97 Å². The summed E-state index contributed by atoms with van der Waals surface area (Å²) in [5.41, 5.74) is 1.24. The van der Waals surface area contributed by atoms with E-state index < -0.39 is 5.97 Å². The van der Waals surface area contributed by atoms with Crippen molar-refractivity contribution >= 4 is 5.97 Å². The van der Waals surface area contributed by atoms with Gasteiger partial charge in [0.2, 0.25) is 0 Å². The highest BCUT2D eigenvalue weighted by Gasteiger charge is 1.97. The van der Waals surface area contributed by atoms with Crippen LogP contribution in [0.3, 0.4) is 0 Å². The van der Waals surface area contributed by atoms with Crippen LogP contribution in [-0.4, -0.2) is 17.7 Å². The second kappa shape index (κ2) is 9.42. The summed E-state index contributed by atoms with van der Waals surface area (Å²) in [5, 5.41) is 8.49. The molecule has 0 aliphatic heterocycles. The lowest BCUT2D eigenvalue weighted by atomic mass is 10.1. The van der Waals surface area contributed by atoms with Gasteiger partial charge in [0.1, 0.15) is 5.75 Å². The highest BCUT2D eigenvalue weighted by molar-refractivity contribution is 5.66. The number of aliphatic carboxylic acids is 1. The Balaban J connectivity index is 1.91. The summed E-state index contributed by atoms with van der Waals surface area (Å²) in [6.07, 6.45) is 6.62. The molecule has 0 aromatic heterocycles. The molecule has 0 fully saturated rings. The SMILES string of the molecule is Cc1ccc(OCCCCCCCCC(=O)O)cc1. The number of hydrogen-bond acceptors (Lipinski definition) is 2. The predicted octanol–water partition coefficient (Wildman–Crippen LogP) is 4.19. The van der Waals surface area contributed by atoms with Gasteiger partial charge in [-0.2, -0.15) is 0 Å². The normalized spacial score (nSPS) is 10.4. The van der Waals surface area contributed by atoms with E-state index in [0.29, 0.717) is 6.42 Å². The fourth-order valence-electron chi connectivity index (χ4n) is 1.91. The standard InChI is InChI=1S/C16H24O3/c1-14-9-11-15(12-10-14)19-13-7-5-3-2-4-6-8-16(17)18/h9-12H,2-8,13H2,1H3,(H,17,18). The number of hydrogen-bond donors (Lipinski definition) is 1. The van der Waals surface area contributed by atoms with Crippen LogP contribution in [0.5, 0.6) is 5.75 Å². The van der Waals surface area contributed by atoms with Gasteiger partial charge in [0.15, 0.2) is 0 Å². The van der Waals surface area contributed by atoms with Crippen molar-refractivity contribution in [3.8, 4) is 5.75 Å². The molecule has 0 heterocycles. The summed E-state index contributed by atoms with van der Waals surface area (Å²) in [7, 11) is 0. The van der Waals surface area contributed by atoms with Crippen molar-refractivity contribution in [3.63, 3.8) is 0 Å². The predicted molar refractivity (Wildman–Crippen MR) is 76.6 cm³/mol. The largest absolute Gasteiger partial charge is 0.494 e. The molecule has 0 saturated carbocycles. The van der Waals surface area contributed by atoms with E-state index in [1.807, 2.05) is 12.1 Å². The highest BCUT2D eigenvalue weighted by Crippen LogP contribution is 2.12. The molecule has 0 unspecified atom stereocenters. The zero-order valence-corrected chi connectivity index (χ0v) is 11.7. The maximum absolute atomic E-state index is 10.3. The van der Waals surface area contributed by atoms with Crippen LogP contribution < -0.4 is 4.74 Å². The number of unbranched alkanes of at least 4 members (excludes halogenated alkanes) is 5. The van der Waals surface area contributed by atoms with Crippen LogP contribution in [0.25, 0.3) is 0 Å². The first-order chi connectivity index (χ1) is 9.18. The molecular formula is C16H24O3. The summed E-state index contributed by atoms with van der Waals surface area (Å²) >= 11 is 0. The molecule has 19 heavy (non-hydrogen) atoms. The Morgan fingerprint density at radius 3 is 2.21 bits per heavy atom. The van der Waals surface area contributed by atoms with Crippen LogP contribution in [0.2, 0.25) is 0 Å². The Hall–Kier alpha value is -1.51. The van der Waals surface area contributed by atoms with Gasteiger partial charge in [0.05, 0.1) is 6.61 Å². The lowest BCUT2D eigenvalue weighted by Crippen LogP contribution is -1.97. The number of carbonyl (C=O) groups is 1. The number of benzene rings is 1. The van der Waals surface area contributed by atoms with Crippen molar-refractivity contribution < 1.29 is 14.6 Å². The number of carboxylic acid groups (broad SMARTS) is 1. The topological polar surface area (TPSA) is 46.5 Å². The lowest BCUT2D eigenvalue weighted by molar-refractivity contribution is -0.137. The van der Waals surface area contributed by atoms with E-state index in [-0.39, 0.29) is 0 Å². The van der Waals surface area contributed by atoms with Gasteiger partial charge in [-0.3, -0.25) is 4.79 Å². The van der Waals surface area contributed by atoms with Crippen molar-refractivity contribution in [2.75, 3.05) is 6.61 Å². The van der Waals surface area contributed by atoms with E-state index in [0.717, 1.165) is 50.9 Å². The summed E-state index contributed by atoms with van der Waals surface area (Å²) < 4.78 is 5.64. The van der Waals surface area contributed by atoms with Gasteiger partial charge in [-0.1, -0.05) is 43.4 Å². The second-order valence-corrected chi connectivity index (χ2v) is 4.93. The Kier molecular flexibility index (Phi) is 7.71. The van der Waals surface area contributed by atoms with Gasteiger partial charge in [0.25, 0.3) is 0 Å². The molecule has 3 heteroatoms. The van der Waals surface area contributed by atoms with Crippen LogP contribution in [-0.2, 0) is 4.79 Å². The maximum atomic E-state index is 10.3. The van der Waals surface area contributed by atoms with Crippen molar-refractivity contribution in [1.29, 1.82) is 0 Å². The molecule has 1 aromatic rings. The van der Waals surface area contributed by atoms with Crippen LogP contribution in [0, 0.1) is 6.92 Å². The molecule has 0 bridgehead atoms. The van der Waals surface area contributed by atoms with Gasteiger partial charge in [0, 0.05) is 6.42 Å². The number of ether oxygens (including phenoxy) is 1. The fraction of sp³-hybridized carbons (Fsp3) is 0.562. The van der Waals surface area contributed by atoms with E-state index in [1.54, 1.807) is 0 Å². The first-order valence-electron chi connectivity index (χ1n) is 7.10. The minimum Gasteiger partial charge on any atom is -0.494 e. The van der Waals surface area contributed by atoms with E-state index in [2.05, 4.69) is 19.1 Å². The van der Waals surface area contributed by atoms with Gasteiger partial charge < -0.3 is 9.84 Å². The van der Waals surface area contributed by atoms with Gasteiger partial charge in [-0.05, 0) is 31.9 Å². The summed E-state index contributed by atoms with van der Waals surface area (Å²) in [4.78, 5) is 10.3. The van der Waals surface area contributed by atoms with Crippen molar-refractivity contribution in [3.05, 3.63) is 29.8 Å². The van der Waals surface area contributed by atoms with Crippen LogP contribution in [0.1, 0.15) is 50.5 Å². The molecule has 0 aliphatic carbocycles. The number of carboxylic acids is 1. The van der Waals surface area contributed by atoms with Gasteiger partial charge in [-0.15, -0.1) is 0 Å². The average molecular weight is 264 g/mol. The third-order valence-electron chi connectivity index (χ3n) is 3.07. The molecular weight excluding hydrogens is 240 g/mol. The van der Waals surface area contributed by atoms with E-state index in [4.69, 9.17) is 9.84 Å². The quantitative estimate of drug-likeness (QED) is 0.644. The highest BCUT2D eigenvalue weighted by atomic mass is 16.5. The molecule has 0 radical (unpaired) electrons. The molecule has 3 nitrogen and oxygen atoms in total. The third-order valence-corrected chi connectivity index (χ3v) is 3.07. The first kappa shape index (κ1) is 15.5. The van der Waals surface area contributed by atoms with Crippen LogP contribution >= 0.6 is 0 Å². The number of aryl methyl sites for hydroxylation is 1. The third kappa shape index (κ3) is 8.25. The van der Waals surface area contributed by atoms with E-state index in [1.165, 1.54) is 5.56 Å². The Morgan fingerprint density at radius 1 is 1.00 bits per heavy atom. The zero-order chi connectivity index (χ0) is 13.9. The average Bonchev–Trinajstić information content (AvgIpc) is 2.38. The molecule has 0 saturated heterocycles. The Labute approximate surface area is 115 Å². The molecule has 1 N–H and O–H groups in total. The Bertz CT molecular complexity index is 357. The lowest BCUT2D eigenvalue weighted by Gasteiger charge is -2.06. The van der Waals surface area contributed by atoms with Crippen molar-refractivity contribution in [2.24, 2.45) is 0 Å². The first-order valence-corrected chi connectivity index (χ1v) is 7.10. The maximum Gasteiger partial charge on any atom is 0.303 e. The molecule has 0 spiro atoms. The summed E-state index contributed by atoms with van der Waals surface area (Å²) in [6.45, 7) is 2.83. The molecule has 106 valence electrons. The van der Waals surface area contributed by atoms with Crippen molar-refractivity contribution in [1.82, 2.24) is 0 Å². The van der Waals surface area contributed by atoms with Crippen LogP contribution in [0.15, 0.2) is 24.3 Å². The molecule has 1 rings (SSSR count). The van der Waals surface area contributed by atoms with Gasteiger partial charge in [-0.25, -0.2) is 0 Å². The minimum atomic E-state index is -0.688. The van der Waals surface area contributed by atoms with E-state index >= 15 is 0 Å². The number of rotatable bonds is 10. The summed E-state index contributed by atoms with van der Waals surface area (Å²) in [5.74, 6) is 0.249. The van der Waals surface area contributed by atoms with E-state index in [9.17, 15) is 4.79 Å². The fourth-order valence-corrected chi connectivity index (χ4v) is 1.91. The second-order valence-electron chi connectivity index (χ2n) is 4.93. The van der Waals surface area contributed by atoms with Crippen LogP contribution in [0.4, 0.5) is 0 Å². The molecule has 0 amide bonds. The minimum absolute atomic E-state index is 0.302. The molecule has 0 atom stereocenters. The zero-order valence-electron chi connectivity index (χ0n) is 11.7. The molecule has 1 aromatic carbocycles. The van der Waals surface area contributed by atoms with Crippen molar-refractivity contribution in [2.45, 2.75) is 51.9 Å². The Morgan fingerprint density at radius 2 is 1.58 bits per heavy atom. The monoisotopic (exact) mass is 264 g/mol.